The van der Waals surface area contributed by atoms with Crippen LogP contribution in [0.1, 0.15) is 23.2 Å². The number of rotatable bonds is 4. The van der Waals surface area contributed by atoms with Crippen molar-refractivity contribution in [2.45, 2.75) is 25.0 Å². The van der Waals surface area contributed by atoms with Crippen LogP contribution < -0.4 is 11.1 Å². The molecule has 6 nitrogen and oxygen atoms in total. The maximum absolute atomic E-state index is 12.2. The van der Waals surface area contributed by atoms with Gasteiger partial charge in [0.1, 0.15) is 6.10 Å². The second-order valence-electron chi connectivity index (χ2n) is 5.44. The summed E-state index contributed by atoms with van der Waals surface area (Å²) < 4.78 is 5.55. The molecule has 0 radical (unpaired) electrons. The summed E-state index contributed by atoms with van der Waals surface area (Å²) in [5.74, 6) is -0.456. The van der Waals surface area contributed by atoms with E-state index in [1.807, 2.05) is 0 Å². The summed E-state index contributed by atoms with van der Waals surface area (Å²) in [5, 5.41) is 3.10. The molecule has 0 aliphatic carbocycles. The monoisotopic (exact) mass is 361 g/mol. The van der Waals surface area contributed by atoms with Crippen LogP contribution in [0.5, 0.6) is 0 Å². The number of carbonyl (C=O) groups excluding carboxylic acids is 2. The predicted molar refractivity (Wildman–Crippen MR) is 92.3 cm³/mol. The Bertz CT molecular complexity index is 581. The van der Waals surface area contributed by atoms with E-state index < -0.39 is 6.10 Å². The lowest BCUT2D eigenvalue weighted by atomic mass is 10.1. The molecule has 23 heavy (non-hydrogen) atoms. The van der Waals surface area contributed by atoms with Crippen molar-refractivity contribution in [3.63, 3.8) is 0 Å². The van der Waals surface area contributed by atoms with Crippen LogP contribution in [-0.2, 0) is 9.53 Å². The molecule has 8 heteroatoms. The SMILES string of the molecule is CN(C)C(=O)c1cc(NC(=O)[C@@H]2CC[C@H](CN)O2)ccc1Cl.Cl. The molecule has 1 heterocycles. The van der Waals surface area contributed by atoms with Crippen molar-refractivity contribution in [3.8, 4) is 0 Å². The molecule has 1 fully saturated rings. The van der Waals surface area contributed by atoms with E-state index in [-0.39, 0.29) is 30.3 Å². The third-order valence-electron chi connectivity index (χ3n) is 3.53. The molecule has 0 unspecified atom stereocenters. The zero-order valence-electron chi connectivity index (χ0n) is 13.0. The Morgan fingerprint density at radius 2 is 2.09 bits per heavy atom. The average Bonchev–Trinajstić information content (AvgIpc) is 2.97. The molecular weight excluding hydrogens is 341 g/mol. The summed E-state index contributed by atoms with van der Waals surface area (Å²) in [6.07, 6.45) is 0.855. The van der Waals surface area contributed by atoms with Gasteiger partial charge in [0.2, 0.25) is 0 Å². The van der Waals surface area contributed by atoms with Gasteiger partial charge in [0.15, 0.2) is 0 Å². The van der Waals surface area contributed by atoms with Crippen molar-refractivity contribution in [2.75, 3.05) is 26.0 Å². The fourth-order valence-corrected chi connectivity index (χ4v) is 2.50. The number of nitrogens with one attached hydrogen (secondary N) is 1. The van der Waals surface area contributed by atoms with Gasteiger partial charge in [-0.1, -0.05) is 11.6 Å². The number of hydrogen-bond acceptors (Lipinski definition) is 4. The lowest BCUT2D eigenvalue weighted by Crippen LogP contribution is -2.30. The van der Waals surface area contributed by atoms with Crippen LogP contribution in [0.3, 0.4) is 0 Å². The molecule has 1 saturated heterocycles. The van der Waals surface area contributed by atoms with E-state index >= 15 is 0 Å². The molecule has 0 saturated carbocycles. The lowest BCUT2D eigenvalue weighted by Gasteiger charge is -2.15. The van der Waals surface area contributed by atoms with Crippen LogP contribution >= 0.6 is 24.0 Å². The van der Waals surface area contributed by atoms with Gasteiger partial charge in [0.05, 0.1) is 16.7 Å². The Balaban J connectivity index is 0.00000264. The second kappa shape index (κ2) is 8.49. The van der Waals surface area contributed by atoms with Crippen molar-refractivity contribution in [1.29, 1.82) is 0 Å². The number of hydrogen-bond donors (Lipinski definition) is 2. The quantitative estimate of drug-likeness (QED) is 0.857. The highest BCUT2D eigenvalue weighted by molar-refractivity contribution is 6.34. The van der Waals surface area contributed by atoms with Crippen molar-refractivity contribution in [3.05, 3.63) is 28.8 Å². The minimum atomic E-state index is -0.503. The minimum absolute atomic E-state index is 0. The number of halogens is 2. The van der Waals surface area contributed by atoms with Gasteiger partial charge in [-0.3, -0.25) is 9.59 Å². The standard InChI is InChI=1S/C15H20ClN3O3.ClH/c1-19(2)15(21)11-7-9(3-5-12(11)16)18-14(20)13-6-4-10(8-17)22-13;/h3,5,7,10,13H,4,6,8,17H2,1-2H3,(H,18,20);1H/t10-,13+;/m1./s1. The van der Waals surface area contributed by atoms with E-state index in [2.05, 4.69) is 5.32 Å². The summed E-state index contributed by atoms with van der Waals surface area (Å²) in [4.78, 5) is 25.6. The van der Waals surface area contributed by atoms with E-state index in [1.165, 1.54) is 4.90 Å². The zero-order valence-corrected chi connectivity index (χ0v) is 14.6. The van der Waals surface area contributed by atoms with Gasteiger partial charge < -0.3 is 20.7 Å². The number of nitrogens with two attached hydrogens (primary N) is 1. The van der Waals surface area contributed by atoms with Crippen LogP contribution in [0.15, 0.2) is 18.2 Å². The third-order valence-corrected chi connectivity index (χ3v) is 3.86. The number of amides is 2. The summed E-state index contributed by atoms with van der Waals surface area (Å²) in [7, 11) is 3.28. The molecule has 0 aromatic heterocycles. The molecule has 2 amide bonds. The zero-order chi connectivity index (χ0) is 16.3. The normalized spacial score (nSPS) is 19.8. The highest BCUT2D eigenvalue weighted by Gasteiger charge is 2.30. The molecule has 3 N–H and O–H groups in total. The highest BCUT2D eigenvalue weighted by atomic mass is 35.5. The van der Waals surface area contributed by atoms with Gasteiger partial charge in [0, 0.05) is 26.3 Å². The van der Waals surface area contributed by atoms with Gasteiger partial charge in [0.25, 0.3) is 11.8 Å². The molecule has 1 aromatic carbocycles. The molecule has 0 bridgehead atoms. The highest BCUT2D eigenvalue weighted by Crippen LogP contribution is 2.24. The molecule has 1 aliphatic heterocycles. The Labute approximate surface area is 146 Å². The summed E-state index contributed by atoms with van der Waals surface area (Å²) >= 11 is 6.04. The number of carbonyl (C=O) groups is 2. The Kier molecular flexibility index (Phi) is 7.28. The lowest BCUT2D eigenvalue weighted by molar-refractivity contribution is -0.126. The first kappa shape index (κ1) is 19.7. The first-order valence-corrected chi connectivity index (χ1v) is 7.47. The van der Waals surface area contributed by atoms with E-state index in [0.29, 0.717) is 29.2 Å². The molecule has 2 atom stereocenters. The Morgan fingerprint density at radius 3 is 2.65 bits per heavy atom. The summed E-state index contributed by atoms with van der Waals surface area (Å²) in [6, 6.07) is 4.81. The largest absolute Gasteiger partial charge is 0.364 e. The first-order valence-electron chi connectivity index (χ1n) is 7.10. The summed E-state index contributed by atoms with van der Waals surface area (Å²) in [5.41, 5.74) is 6.39. The fraction of sp³-hybridized carbons (Fsp3) is 0.467. The van der Waals surface area contributed by atoms with Gasteiger partial charge in [-0.05, 0) is 31.0 Å². The number of ether oxygens (including phenoxy) is 1. The van der Waals surface area contributed by atoms with Crippen LogP contribution in [0.25, 0.3) is 0 Å². The topological polar surface area (TPSA) is 84.7 Å². The smallest absolute Gasteiger partial charge is 0.254 e. The van der Waals surface area contributed by atoms with Crippen molar-refractivity contribution in [1.82, 2.24) is 4.90 Å². The minimum Gasteiger partial charge on any atom is -0.364 e. The average molecular weight is 362 g/mol. The van der Waals surface area contributed by atoms with Crippen LogP contribution in [-0.4, -0.2) is 49.6 Å². The van der Waals surface area contributed by atoms with E-state index in [9.17, 15) is 9.59 Å². The summed E-state index contributed by atoms with van der Waals surface area (Å²) in [6.45, 7) is 0.409. The van der Waals surface area contributed by atoms with Crippen molar-refractivity contribution >= 4 is 41.5 Å². The predicted octanol–water partition coefficient (Wildman–Crippen LogP) is 1.91. The van der Waals surface area contributed by atoms with Crippen LogP contribution in [0, 0.1) is 0 Å². The number of anilines is 1. The van der Waals surface area contributed by atoms with Gasteiger partial charge in [-0.25, -0.2) is 0 Å². The fourth-order valence-electron chi connectivity index (χ4n) is 2.30. The van der Waals surface area contributed by atoms with E-state index in [4.69, 9.17) is 22.1 Å². The molecule has 1 aliphatic rings. The first-order chi connectivity index (χ1) is 10.4. The number of benzene rings is 1. The molecule has 0 spiro atoms. The van der Waals surface area contributed by atoms with Crippen molar-refractivity contribution < 1.29 is 14.3 Å². The Hall–Kier alpha value is -1.34. The van der Waals surface area contributed by atoms with E-state index in [1.54, 1.807) is 32.3 Å². The molecule has 128 valence electrons. The second-order valence-corrected chi connectivity index (χ2v) is 5.85. The van der Waals surface area contributed by atoms with Crippen LogP contribution in [0.2, 0.25) is 5.02 Å². The molecule has 1 aromatic rings. The van der Waals surface area contributed by atoms with Crippen molar-refractivity contribution in [2.24, 2.45) is 5.73 Å². The van der Waals surface area contributed by atoms with Gasteiger partial charge in [-0.15, -0.1) is 12.4 Å². The van der Waals surface area contributed by atoms with Gasteiger partial charge >= 0.3 is 0 Å². The maximum Gasteiger partial charge on any atom is 0.254 e. The molecular formula is C15H21Cl2N3O3. The third kappa shape index (κ3) is 4.81. The molecule has 2 rings (SSSR count). The van der Waals surface area contributed by atoms with Crippen LogP contribution in [0.4, 0.5) is 5.69 Å². The van der Waals surface area contributed by atoms with E-state index in [0.717, 1.165) is 6.42 Å². The van der Waals surface area contributed by atoms with Gasteiger partial charge in [-0.2, -0.15) is 0 Å². The Morgan fingerprint density at radius 1 is 1.39 bits per heavy atom. The number of nitrogens with zero attached hydrogens (tertiary/aromatic N) is 1. The maximum atomic E-state index is 12.2.